The van der Waals surface area contributed by atoms with E-state index in [4.69, 9.17) is 0 Å². The van der Waals surface area contributed by atoms with Gasteiger partial charge in [-0.3, -0.25) is 4.90 Å². The number of hydrogen-bond donors (Lipinski definition) is 1. The third kappa shape index (κ3) is 5.80. The second kappa shape index (κ2) is 7.05. The van der Waals surface area contributed by atoms with Gasteiger partial charge in [-0.05, 0) is 73.6 Å². The molecule has 0 aliphatic carbocycles. The standard InChI is InChI=1S/C16H35N3/c1-13(11-17-16(3,4)5)14(2)19(7)15-9-8-10-18(6)12-15/h13-15,17H,8-12H2,1-7H3. The lowest BCUT2D eigenvalue weighted by Crippen LogP contribution is -2.51. The van der Waals surface area contributed by atoms with E-state index in [0.717, 1.165) is 12.6 Å². The molecule has 19 heavy (non-hydrogen) atoms. The Balaban J connectivity index is 2.44. The van der Waals surface area contributed by atoms with Gasteiger partial charge in [-0.2, -0.15) is 0 Å². The maximum Gasteiger partial charge on any atom is 0.0223 e. The van der Waals surface area contributed by atoms with E-state index in [2.05, 4.69) is 63.8 Å². The van der Waals surface area contributed by atoms with E-state index < -0.39 is 0 Å². The predicted octanol–water partition coefficient (Wildman–Crippen LogP) is 2.43. The van der Waals surface area contributed by atoms with E-state index in [-0.39, 0.29) is 5.54 Å². The summed E-state index contributed by atoms with van der Waals surface area (Å²) >= 11 is 0. The van der Waals surface area contributed by atoms with Crippen LogP contribution in [-0.4, -0.2) is 61.2 Å². The summed E-state index contributed by atoms with van der Waals surface area (Å²) in [5.41, 5.74) is 0.220. The normalized spacial score (nSPS) is 25.6. The largest absolute Gasteiger partial charge is 0.312 e. The van der Waals surface area contributed by atoms with Crippen LogP contribution >= 0.6 is 0 Å². The van der Waals surface area contributed by atoms with Gasteiger partial charge in [0.05, 0.1) is 0 Å². The van der Waals surface area contributed by atoms with Crippen LogP contribution in [0.1, 0.15) is 47.5 Å². The highest BCUT2D eigenvalue weighted by Gasteiger charge is 2.27. The number of likely N-dealkylation sites (tertiary alicyclic amines) is 1. The van der Waals surface area contributed by atoms with E-state index in [1.807, 2.05) is 0 Å². The van der Waals surface area contributed by atoms with Gasteiger partial charge in [-0.1, -0.05) is 6.92 Å². The molecule has 0 spiro atoms. The number of hydrogen-bond acceptors (Lipinski definition) is 3. The molecule has 3 unspecified atom stereocenters. The maximum atomic E-state index is 3.63. The number of nitrogens with one attached hydrogen (secondary N) is 1. The summed E-state index contributed by atoms with van der Waals surface area (Å²) in [7, 11) is 4.55. The average molecular weight is 269 g/mol. The number of rotatable bonds is 5. The molecule has 3 atom stereocenters. The second-order valence-corrected chi connectivity index (χ2v) is 7.57. The van der Waals surface area contributed by atoms with Crippen molar-refractivity contribution < 1.29 is 0 Å². The molecule has 3 nitrogen and oxygen atoms in total. The molecule has 1 fully saturated rings. The van der Waals surface area contributed by atoms with Crippen LogP contribution < -0.4 is 5.32 Å². The van der Waals surface area contributed by atoms with Crippen LogP contribution in [0.5, 0.6) is 0 Å². The molecule has 114 valence electrons. The van der Waals surface area contributed by atoms with Gasteiger partial charge in [0.25, 0.3) is 0 Å². The van der Waals surface area contributed by atoms with Gasteiger partial charge in [-0.15, -0.1) is 0 Å². The summed E-state index contributed by atoms with van der Waals surface area (Å²) in [5, 5.41) is 3.63. The Morgan fingerprint density at radius 3 is 2.47 bits per heavy atom. The lowest BCUT2D eigenvalue weighted by Gasteiger charge is -2.41. The number of likely N-dealkylation sites (N-methyl/N-ethyl adjacent to an activating group) is 2. The second-order valence-electron chi connectivity index (χ2n) is 7.57. The maximum absolute atomic E-state index is 3.63. The molecule has 1 N–H and O–H groups in total. The van der Waals surface area contributed by atoms with Crippen LogP contribution in [0.25, 0.3) is 0 Å². The molecule has 1 rings (SSSR count). The molecule has 3 heteroatoms. The molecule has 0 bridgehead atoms. The van der Waals surface area contributed by atoms with E-state index in [0.29, 0.717) is 12.0 Å². The van der Waals surface area contributed by atoms with E-state index in [1.54, 1.807) is 0 Å². The van der Waals surface area contributed by atoms with E-state index in [1.165, 1.54) is 25.9 Å². The Morgan fingerprint density at radius 1 is 1.32 bits per heavy atom. The summed E-state index contributed by atoms with van der Waals surface area (Å²) in [5.74, 6) is 0.677. The van der Waals surface area contributed by atoms with Gasteiger partial charge in [0.15, 0.2) is 0 Å². The molecule has 1 saturated heterocycles. The van der Waals surface area contributed by atoms with Gasteiger partial charge in [0, 0.05) is 24.2 Å². The van der Waals surface area contributed by atoms with Crippen molar-refractivity contribution in [1.82, 2.24) is 15.1 Å². The van der Waals surface area contributed by atoms with Gasteiger partial charge in [-0.25, -0.2) is 0 Å². The zero-order chi connectivity index (χ0) is 14.6. The van der Waals surface area contributed by atoms with Crippen molar-refractivity contribution in [3.05, 3.63) is 0 Å². The van der Waals surface area contributed by atoms with Gasteiger partial charge >= 0.3 is 0 Å². The number of nitrogens with zero attached hydrogens (tertiary/aromatic N) is 2. The molecular weight excluding hydrogens is 234 g/mol. The van der Waals surface area contributed by atoms with Crippen LogP contribution in [0, 0.1) is 5.92 Å². The Morgan fingerprint density at radius 2 is 1.95 bits per heavy atom. The third-order valence-corrected chi connectivity index (χ3v) is 4.60. The first-order chi connectivity index (χ1) is 8.70. The van der Waals surface area contributed by atoms with Crippen LogP contribution in [0.3, 0.4) is 0 Å². The molecule has 1 aliphatic heterocycles. The quantitative estimate of drug-likeness (QED) is 0.827. The van der Waals surface area contributed by atoms with Crippen molar-refractivity contribution in [3.8, 4) is 0 Å². The SMILES string of the molecule is CC(CNC(C)(C)C)C(C)N(C)C1CCCN(C)C1. The Kier molecular flexibility index (Phi) is 6.28. The number of piperidine rings is 1. The minimum Gasteiger partial charge on any atom is -0.312 e. The average Bonchev–Trinajstić information content (AvgIpc) is 2.33. The fraction of sp³-hybridized carbons (Fsp3) is 1.00. The van der Waals surface area contributed by atoms with Crippen molar-refractivity contribution in [2.45, 2.75) is 65.1 Å². The first-order valence-corrected chi connectivity index (χ1v) is 7.86. The Bertz CT molecular complexity index is 259. The van der Waals surface area contributed by atoms with Gasteiger partial charge in [0.2, 0.25) is 0 Å². The van der Waals surface area contributed by atoms with E-state index in [9.17, 15) is 0 Å². The topological polar surface area (TPSA) is 18.5 Å². The minimum absolute atomic E-state index is 0.220. The first kappa shape index (κ1) is 16.9. The Hall–Kier alpha value is -0.120. The van der Waals surface area contributed by atoms with Gasteiger partial charge < -0.3 is 10.2 Å². The van der Waals surface area contributed by atoms with Crippen LogP contribution in [0.15, 0.2) is 0 Å². The molecule has 0 aromatic rings. The fourth-order valence-corrected chi connectivity index (χ4v) is 2.84. The van der Waals surface area contributed by atoms with Crippen LogP contribution in [0.4, 0.5) is 0 Å². The monoisotopic (exact) mass is 269 g/mol. The van der Waals surface area contributed by atoms with Crippen molar-refractivity contribution >= 4 is 0 Å². The summed E-state index contributed by atoms with van der Waals surface area (Å²) in [6, 6.07) is 1.36. The van der Waals surface area contributed by atoms with Crippen molar-refractivity contribution in [2.75, 3.05) is 33.7 Å². The highest BCUT2D eigenvalue weighted by molar-refractivity contribution is 4.84. The molecule has 1 aliphatic rings. The fourth-order valence-electron chi connectivity index (χ4n) is 2.84. The molecular formula is C16H35N3. The van der Waals surface area contributed by atoms with Crippen LogP contribution in [0.2, 0.25) is 0 Å². The Labute approximate surface area is 120 Å². The zero-order valence-electron chi connectivity index (χ0n) is 14.2. The summed E-state index contributed by atoms with van der Waals surface area (Å²) in [6.07, 6.45) is 2.69. The molecule has 1 heterocycles. The predicted molar refractivity (Wildman–Crippen MR) is 84.7 cm³/mol. The summed E-state index contributed by atoms with van der Waals surface area (Å²) in [6.45, 7) is 15.0. The third-order valence-electron chi connectivity index (χ3n) is 4.60. The molecule has 0 radical (unpaired) electrons. The van der Waals surface area contributed by atoms with Crippen LogP contribution in [-0.2, 0) is 0 Å². The van der Waals surface area contributed by atoms with Crippen molar-refractivity contribution in [2.24, 2.45) is 5.92 Å². The highest BCUT2D eigenvalue weighted by Crippen LogP contribution is 2.19. The first-order valence-electron chi connectivity index (χ1n) is 7.86. The molecule has 0 amide bonds. The van der Waals surface area contributed by atoms with Crippen molar-refractivity contribution in [1.29, 1.82) is 0 Å². The zero-order valence-corrected chi connectivity index (χ0v) is 14.2. The molecule has 0 aromatic heterocycles. The molecule has 0 saturated carbocycles. The molecule has 0 aromatic carbocycles. The highest BCUT2D eigenvalue weighted by atomic mass is 15.2. The van der Waals surface area contributed by atoms with Crippen molar-refractivity contribution in [3.63, 3.8) is 0 Å². The lowest BCUT2D eigenvalue weighted by atomic mass is 9.96. The van der Waals surface area contributed by atoms with Gasteiger partial charge in [0.1, 0.15) is 0 Å². The summed E-state index contributed by atoms with van der Waals surface area (Å²) < 4.78 is 0. The lowest BCUT2D eigenvalue weighted by molar-refractivity contribution is 0.0814. The smallest absolute Gasteiger partial charge is 0.0223 e. The van der Waals surface area contributed by atoms with E-state index >= 15 is 0 Å². The summed E-state index contributed by atoms with van der Waals surface area (Å²) in [4.78, 5) is 5.07. The minimum atomic E-state index is 0.220.